The summed E-state index contributed by atoms with van der Waals surface area (Å²) in [6, 6.07) is 7.31. The minimum Gasteiger partial charge on any atom is -0.500 e. The maximum Gasteiger partial charge on any atom is 0.790 e. The average molecular weight is 945 g/mol. The molecule has 0 radical (unpaired) electrons. The van der Waals surface area contributed by atoms with Crippen molar-refractivity contribution >= 4 is 19.1 Å². The zero-order valence-corrected chi connectivity index (χ0v) is 42.3. The van der Waals surface area contributed by atoms with Gasteiger partial charge in [-0.15, -0.1) is 0 Å². The molecule has 390 valence electrons. The number of fused-ring (bicyclic) bond motifs is 1. The fourth-order valence-corrected chi connectivity index (χ4v) is 8.36. The number of unbranched alkanes of at least 4 members (excludes halogenated alkanes) is 26. The highest BCUT2D eigenvalue weighted by Gasteiger charge is 2.38. The average Bonchev–Trinajstić information content (AvgIpc) is 3.80. The second-order valence-electron chi connectivity index (χ2n) is 17.8. The van der Waals surface area contributed by atoms with Gasteiger partial charge in [-0.05, 0) is 91.2 Å². The third-order valence-electron chi connectivity index (χ3n) is 12.1. The first kappa shape index (κ1) is 56.8. The van der Waals surface area contributed by atoms with E-state index in [4.69, 9.17) is 14.0 Å². The number of hydrogen-bond acceptors (Lipinski definition) is 6. The summed E-state index contributed by atoms with van der Waals surface area (Å²) >= 11 is 0. The molecule has 0 bridgehead atoms. The van der Waals surface area contributed by atoms with Crippen LogP contribution in [0.5, 0.6) is 5.75 Å². The minimum atomic E-state index is -1.12. The molecular formula is C61H109BN2O4. The molecule has 2 aliphatic rings. The Hall–Kier alpha value is -5.54. The number of hydrogen-bond donors (Lipinski definition) is 0. The fraction of sp³-hybridized carbons (Fsp3) is 0.607. The van der Waals surface area contributed by atoms with Gasteiger partial charge in [0.1, 0.15) is 11.6 Å². The third kappa shape index (κ3) is 27.9. The number of amidine groups is 1. The predicted octanol–water partition coefficient (Wildman–Crippen LogP) is 17.1. The molecule has 6 nitrogen and oxygen atoms in total. The lowest BCUT2D eigenvalue weighted by molar-refractivity contribution is 0.0569. The summed E-state index contributed by atoms with van der Waals surface area (Å²) in [5.74, 6) is 40.4. The van der Waals surface area contributed by atoms with Gasteiger partial charge in [0, 0.05) is 81.9 Å². The number of nitrogens with zero attached hydrogens (tertiary/aromatic N) is 2. The lowest BCUT2D eigenvalue weighted by Crippen LogP contribution is -2.39. The van der Waals surface area contributed by atoms with Gasteiger partial charge < -0.3 is 14.0 Å². The predicted molar refractivity (Wildman–Crippen MR) is 315 cm³/mol. The molecule has 0 N–H and O–H groups in total. The number of benzene rings is 1. The van der Waals surface area contributed by atoms with Crippen LogP contribution in [0.2, 0.25) is 0 Å². The van der Waals surface area contributed by atoms with E-state index in [1.54, 1.807) is 6.92 Å². The number of carbonyl (C=O) groups is 1. The monoisotopic (exact) mass is 945 g/mol. The summed E-state index contributed by atoms with van der Waals surface area (Å²) in [5.41, 5.74) is 2.80. The van der Waals surface area contributed by atoms with E-state index in [1.165, 1.54) is 173 Å². The summed E-state index contributed by atoms with van der Waals surface area (Å²) in [5, 5.41) is 0. The Kier molecular flexibility index (Phi) is 33.8. The highest BCUT2D eigenvalue weighted by molar-refractivity contribution is 6.42. The summed E-state index contributed by atoms with van der Waals surface area (Å²) in [7, 11) is -1.12. The highest BCUT2D eigenvalue weighted by Crippen LogP contribution is 2.33. The molecule has 0 atom stereocenters. The molecule has 0 saturated carbocycles. The molecule has 0 amide bonds. The van der Waals surface area contributed by atoms with Crippen LogP contribution in [-0.2, 0) is 22.2 Å². The zero-order chi connectivity index (χ0) is 48.2. The Labute approximate surface area is 437 Å². The van der Waals surface area contributed by atoms with Crippen molar-refractivity contribution in [1.82, 2.24) is 4.90 Å². The van der Waals surface area contributed by atoms with Gasteiger partial charge in [0.15, 0.2) is 0 Å². The molecule has 0 unspecified atom stereocenters. The van der Waals surface area contributed by atoms with Crippen LogP contribution < -0.4 is 4.65 Å². The molecule has 1 aromatic rings. The van der Waals surface area contributed by atoms with Crippen molar-refractivity contribution in [1.29, 1.82) is 0 Å². The van der Waals surface area contributed by atoms with Gasteiger partial charge in [-0.25, -0.2) is 4.79 Å². The maximum atomic E-state index is 13.5. The lowest BCUT2D eigenvalue weighted by atomic mass is 9.94. The number of carbonyl (C=O) groups excluding carboxylic acids is 1. The van der Waals surface area contributed by atoms with Crippen LogP contribution >= 0.6 is 0 Å². The molecular weight excluding hydrogens is 835 g/mol. The van der Waals surface area contributed by atoms with Crippen molar-refractivity contribution in [2.45, 2.75) is 220 Å². The molecule has 0 aromatic heterocycles. The van der Waals surface area contributed by atoms with E-state index in [9.17, 15) is 4.79 Å². The molecule has 2 heterocycles. The molecule has 0 spiro atoms. The Morgan fingerprint density at radius 3 is 1.44 bits per heavy atom. The first-order chi connectivity index (χ1) is 33.7. The van der Waals surface area contributed by atoms with Crippen LogP contribution in [-0.4, -0.2) is 43.7 Å². The van der Waals surface area contributed by atoms with Crippen LogP contribution in [0, 0.1) is 94.9 Å². The maximum absolute atomic E-state index is 13.5. The molecule has 1 aromatic carbocycles. The van der Waals surface area contributed by atoms with Gasteiger partial charge in [-0.3, -0.25) is 9.89 Å². The second-order valence-corrected chi connectivity index (χ2v) is 17.8. The van der Waals surface area contributed by atoms with Crippen molar-refractivity contribution in [3.05, 3.63) is 28.8 Å². The van der Waals surface area contributed by atoms with Crippen molar-refractivity contribution in [2.24, 2.45) is 4.99 Å². The summed E-state index contributed by atoms with van der Waals surface area (Å²) in [6.07, 6.45) is 39.6. The van der Waals surface area contributed by atoms with Crippen LogP contribution in [0.25, 0.3) is 0 Å². The van der Waals surface area contributed by atoms with Crippen molar-refractivity contribution in [2.75, 3.05) is 19.7 Å². The van der Waals surface area contributed by atoms with Crippen molar-refractivity contribution in [3.63, 3.8) is 0 Å². The highest BCUT2D eigenvalue weighted by atomic mass is 16.8. The Bertz CT molecular complexity index is 2240. The minimum absolute atomic E-state index is 0. The van der Waals surface area contributed by atoms with Crippen molar-refractivity contribution < 1.29 is 40.2 Å². The normalized spacial score (nSPS) is 11.8. The molecule has 0 aliphatic carbocycles. The van der Waals surface area contributed by atoms with Gasteiger partial charge in [0.2, 0.25) is 0 Å². The molecule has 68 heavy (non-hydrogen) atoms. The largest absolute Gasteiger partial charge is 0.790 e. The molecule has 3 rings (SSSR count). The summed E-state index contributed by atoms with van der Waals surface area (Å²) in [4.78, 5) is 20.0. The van der Waals surface area contributed by atoms with Crippen LogP contribution in [0.15, 0.2) is 17.1 Å². The van der Waals surface area contributed by atoms with Crippen LogP contribution in [0.3, 0.4) is 0 Å². The van der Waals surface area contributed by atoms with E-state index in [1.807, 2.05) is 11.0 Å². The van der Waals surface area contributed by atoms with E-state index in [0.717, 1.165) is 37.1 Å². The fourth-order valence-electron chi connectivity index (χ4n) is 8.36. The zero-order valence-electron chi connectivity index (χ0n) is 42.3. The van der Waals surface area contributed by atoms with Gasteiger partial charge >= 0.3 is 13.3 Å². The Morgan fingerprint density at radius 2 is 0.971 bits per heavy atom. The molecule has 2 aliphatic heterocycles. The Morgan fingerprint density at radius 1 is 0.544 bits per heavy atom. The van der Waals surface area contributed by atoms with E-state index in [2.05, 4.69) is 120 Å². The van der Waals surface area contributed by atoms with Gasteiger partial charge in [-0.2, -0.15) is 0 Å². The van der Waals surface area contributed by atoms with Gasteiger partial charge in [-0.1, -0.05) is 193 Å². The van der Waals surface area contributed by atoms with Crippen LogP contribution in [0.4, 0.5) is 0 Å². The first-order valence-electron chi connectivity index (χ1n) is 26.5. The lowest BCUT2D eigenvalue weighted by Gasteiger charge is -2.25. The third-order valence-corrected chi connectivity index (χ3v) is 12.1. The van der Waals surface area contributed by atoms with E-state index in [-0.39, 0.29) is 34.0 Å². The second kappa shape index (κ2) is 40.5. The van der Waals surface area contributed by atoms with E-state index in [0.29, 0.717) is 30.8 Å². The first-order valence-corrected chi connectivity index (χ1v) is 26.5. The number of rotatable bonds is 34. The standard InChI is InChI=1S/C61H79BN2O4.15H2/c1-4-7-10-13-16-19-22-25-28-31-34-37-40-43-46-51-64-52-50-63-59(64)49-53-66-62-67-60-57(48-45-42-39-36-33-30-27-24-21-18-15-12-9-6-3)54-56(55-58(60)61(65)68-62)47-44-41-38-35-32-29-26-23-20-17-14-11-8-5-2;;;;;;;;;;;;;;;/h54-55H,5-6,8-9,11-12,14-15,17-18,20-21,23-24,26-27,29-30,32-33,35-36,38-39,41-42,44-45,47-50,52-53H2,1-3H3;15*1H. The SMILES string of the molecule is CC#CC#CC#CC#CC#CC#CC#CC#CN1CCN=C1CCOB1OC(=O)c2cc(CCCCCCCCCCCCCCCC)cc(CCCCCCCCCCCCCCCC)c2O1.[HH].[HH].[HH].[HH].[HH].[HH].[HH].[HH].[HH].[HH].[HH].[HH].[HH].[HH].[HH]. The number of aliphatic imine (C=N–C) groups is 1. The van der Waals surface area contributed by atoms with Crippen molar-refractivity contribution in [3.8, 4) is 101 Å². The molecule has 0 saturated heterocycles. The van der Waals surface area contributed by atoms with Crippen LogP contribution in [0.1, 0.15) is 250 Å². The Balaban J connectivity index is -0.000000297. The topological polar surface area (TPSA) is 60.4 Å². The molecule has 7 heteroatoms. The van der Waals surface area contributed by atoms with Gasteiger partial charge in [0.05, 0.1) is 18.7 Å². The smallest absolute Gasteiger partial charge is 0.500 e. The van der Waals surface area contributed by atoms with E-state index < -0.39 is 7.32 Å². The quantitative estimate of drug-likeness (QED) is 0.0391. The number of aryl methyl sites for hydroxylation is 2. The summed E-state index contributed by atoms with van der Waals surface area (Å²) < 4.78 is 18.0. The summed E-state index contributed by atoms with van der Waals surface area (Å²) in [6.45, 7) is 7.82. The van der Waals surface area contributed by atoms with E-state index >= 15 is 0 Å². The van der Waals surface area contributed by atoms with Gasteiger partial charge in [0.25, 0.3) is 0 Å². The molecule has 0 fully saturated rings.